The first-order valence-electron chi connectivity index (χ1n) is 8.87. The zero-order chi connectivity index (χ0) is 18.7. The summed E-state index contributed by atoms with van der Waals surface area (Å²) in [6, 6.07) is -0.653. The number of anilines is 1. The van der Waals surface area contributed by atoms with Crippen LogP contribution < -0.4 is 10.6 Å². The highest BCUT2D eigenvalue weighted by atomic mass is 16.5. The third-order valence-electron chi connectivity index (χ3n) is 4.51. The molecule has 1 unspecified atom stereocenters. The van der Waals surface area contributed by atoms with Crippen molar-refractivity contribution in [2.75, 3.05) is 18.5 Å². The Morgan fingerprint density at radius 1 is 1.19 bits per heavy atom. The fraction of sp³-hybridized carbons (Fsp3) is 0.647. The number of aryl methyl sites for hydroxylation is 2. The number of aromatic nitrogens is 3. The van der Waals surface area contributed by atoms with Crippen LogP contribution in [0.5, 0.6) is 0 Å². The fourth-order valence-corrected chi connectivity index (χ4v) is 2.84. The first-order chi connectivity index (χ1) is 12.4. The van der Waals surface area contributed by atoms with E-state index >= 15 is 0 Å². The van der Waals surface area contributed by atoms with Crippen LogP contribution in [0.25, 0.3) is 0 Å². The van der Waals surface area contributed by atoms with Gasteiger partial charge in [0.2, 0.25) is 5.89 Å². The van der Waals surface area contributed by atoms with E-state index in [1.54, 1.807) is 6.92 Å². The predicted octanol–water partition coefficient (Wildman–Crippen LogP) is 3.09. The normalized spacial score (nSPS) is 16.7. The van der Waals surface area contributed by atoms with Crippen molar-refractivity contribution in [2.45, 2.75) is 52.5 Å². The molecule has 1 saturated heterocycles. The topological polar surface area (TPSA) is 115 Å². The number of carbonyl (C=O) groups excluding carboxylic acids is 1. The van der Waals surface area contributed by atoms with Gasteiger partial charge in [-0.05, 0) is 32.6 Å². The Morgan fingerprint density at radius 2 is 1.92 bits per heavy atom. The van der Waals surface area contributed by atoms with Gasteiger partial charge in [-0.1, -0.05) is 19.0 Å². The second kappa shape index (κ2) is 7.86. The molecule has 0 saturated carbocycles. The molecular weight excluding hydrogens is 338 g/mol. The maximum Gasteiger partial charge on any atom is 0.323 e. The Morgan fingerprint density at radius 3 is 2.50 bits per heavy atom. The standard InChI is InChI=1S/C17H25N5O4/c1-9(2)14-20-15(26-22-14)13(12-5-7-24-8-6-12)19-16(23)21-17-18-10(3)11(4)25-17/h9,12-13H,5-8H2,1-4H3,(H2,18,19,21,23). The number of nitrogens with zero attached hydrogens (tertiary/aromatic N) is 3. The summed E-state index contributed by atoms with van der Waals surface area (Å²) in [7, 11) is 0. The molecule has 1 atom stereocenters. The minimum Gasteiger partial charge on any atom is -0.428 e. The second-order valence-corrected chi connectivity index (χ2v) is 6.83. The van der Waals surface area contributed by atoms with Crippen LogP contribution in [-0.2, 0) is 4.74 Å². The lowest BCUT2D eigenvalue weighted by molar-refractivity contribution is 0.0506. The predicted molar refractivity (Wildman–Crippen MR) is 92.8 cm³/mol. The number of ether oxygens (including phenoxy) is 1. The van der Waals surface area contributed by atoms with E-state index in [4.69, 9.17) is 13.7 Å². The quantitative estimate of drug-likeness (QED) is 0.838. The largest absolute Gasteiger partial charge is 0.428 e. The first kappa shape index (κ1) is 18.4. The number of rotatable bonds is 5. The van der Waals surface area contributed by atoms with Crippen LogP contribution >= 0.6 is 0 Å². The SMILES string of the molecule is Cc1nc(NC(=O)NC(c2nc(C(C)C)no2)C2CCOCC2)oc1C. The molecule has 9 heteroatoms. The fourth-order valence-electron chi connectivity index (χ4n) is 2.84. The number of oxazole rings is 1. The van der Waals surface area contributed by atoms with E-state index in [0.717, 1.165) is 18.5 Å². The van der Waals surface area contributed by atoms with Gasteiger partial charge in [-0.2, -0.15) is 9.97 Å². The molecule has 2 N–H and O–H groups in total. The number of hydrogen-bond donors (Lipinski definition) is 2. The van der Waals surface area contributed by atoms with Crippen LogP contribution in [0.2, 0.25) is 0 Å². The molecule has 3 heterocycles. The monoisotopic (exact) mass is 363 g/mol. The molecule has 26 heavy (non-hydrogen) atoms. The molecule has 9 nitrogen and oxygen atoms in total. The lowest BCUT2D eigenvalue weighted by Crippen LogP contribution is -2.38. The van der Waals surface area contributed by atoms with Crippen LogP contribution in [0.15, 0.2) is 8.94 Å². The summed E-state index contributed by atoms with van der Waals surface area (Å²) in [5, 5.41) is 9.57. The Hall–Kier alpha value is -2.42. The zero-order valence-corrected chi connectivity index (χ0v) is 15.5. The average molecular weight is 363 g/mol. The molecule has 0 radical (unpaired) electrons. The highest BCUT2D eigenvalue weighted by molar-refractivity contribution is 5.87. The third-order valence-corrected chi connectivity index (χ3v) is 4.51. The van der Waals surface area contributed by atoms with Crippen molar-refractivity contribution in [3.63, 3.8) is 0 Å². The van der Waals surface area contributed by atoms with E-state index in [1.165, 1.54) is 0 Å². The van der Waals surface area contributed by atoms with Gasteiger partial charge < -0.3 is 19.0 Å². The minimum absolute atomic E-state index is 0.148. The van der Waals surface area contributed by atoms with Crippen LogP contribution in [0.3, 0.4) is 0 Å². The van der Waals surface area contributed by atoms with Crippen molar-refractivity contribution in [1.82, 2.24) is 20.4 Å². The number of carbonyl (C=O) groups is 1. The number of hydrogen-bond acceptors (Lipinski definition) is 7. The van der Waals surface area contributed by atoms with Gasteiger partial charge in [0, 0.05) is 19.1 Å². The van der Waals surface area contributed by atoms with Crippen LogP contribution in [-0.4, -0.2) is 34.4 Å². The number of amides is 2. The molecule has 3 rings (SSSR count). The van der Waals surface area contributed by atoms with Crippen molar-refractivity contribution in [2.24, 2.45) is 5.92 Å². The van der Waals surface area contributed by atoms with Gasteiger partial charge in [-0.3, -0.25) is 5.32 Å². The van der Waals surface area contributed by atoms with Crippen LogP contribution in [0.4, 0.5) is 10.8 Å². The molecule has 0 bridgehead atoms. The molecule has 0 spiro atoms. The van der Waals surface area contributed by atoms with Gasteiger partial charge in [0.05, 0.1) is 5.69 Å². The molecule has 142 valence electrons. The van der Waals surface area contributed by atoms with E-state index < -0.39 is 12.1 Å². The van der Waals surface area contributed by atoms with E-state index in [-0.39, 0.29) is 17.9 Å². The molecule has 2 amide bonds. The lowest BCUT2D eigenvalue weighted by Gasteiger charge is -2.28. The molecule has 2 aromatic heterocycles. The summed E-state index contributed by atoms with van der Waals surface area (Å²) >= 11 is 0. The first-order valence-corrected chi connectivity index (χ1v) is 8.87. The molecule has 1 fully saturated rings. The average Bonchev–Trinajstić information content (AvgIpc) is 3.21. The summed E-state index contributed by atoms with van der Waals surface area (Å²) in [6.07, 6.45) is 1.61. The van der Waals surface area contributed by atoms with Crippen molar-refractivity contribution < 1.29 is 18.5 Å². The van der Waals surface area contributed by atoms with Crippen molar-refractivity contribution in [3.05, 3.63) is 23.2 Å². The van der Waals surface area contributed by atoms with Gasteiger partial charge in [0.1, 0.15) is 11.8 Å². The van der Waals surface area contributed by atoms with Crippen LogP contribution in [0.1, 0.15) is 61.8 Å². The summed E-state index contributed by atoms with van der Waals surface area (Å²) < 4.78 is 16.3. The van der Waals surface area contributed by atoms with Gasteiger partial charge in [0.15, 0.2) is 5.82 Å². The molecule has 1 aliphatic rings. The molecule has 1 aliphatic heterocycles. The van der Waals surface area contributed by atoms with Gasteiger partial charge >= 0.3 is 12.0 Å². The Kier molecular flexibility index (Phi) is 5.55. The molecule has 2 aromatic rings. The number of nitrogens with one attached hydrogen (secondary N) is 2. The smallest absolute Gasteiger partial charge is 0.323 e. The zero-order valence-electron chi connectivity index (χ0n) is 15.5. The highest BCUT2D eigenvalue weighted by Crippen LogP contribution is 2.30. The Balaban J connectivity index is 1.74. The van der Waals surface area contributed by atoms with Gasteiger partial charge in [-0.15, -0.1) is 0 Å². The van der Waals surface area contributed by atoms with Crippen molar-refractivity contribution >= 4 is 12.0 Å². The lowest BCUT2D eigenvalue weighted by atomic mass is 9.91. The van der Waals surface area contributed by atoms with Gasteiger partial charge in [0.25, 0.3) is 0 Å². The second-order valence-electron chi connectivity index (χ2n) is 6.83. The van der Waals surface area contributed by atoms with E-state index in [9.17, 15) is 4.79 Å². The van der Waals surface area contributed by atoms with Crippen molar-refractivity contribution in [1.29, 1.82) is 0 Å². The summed E-state index contributed by atoms with van der Waals surface area (Å²) in [5.41, 5.74) is 0.736. The molecular formula is C17H25N5O4. The molecule has 0 aliphatic carbocycles. The van der Waals surface area contributed by atoms with Gasteiger partial charge in [-0.25, -0.2) is 4.79 Å². The Labute approximate surface area is 151 Å². The number of urea groups is 1. The highest BCUT2D eigenvalue weighted by Gasteiger charge is 2.32. The van der Waals surface area contributed by atoms with Crippen LogP contribution in [0, 0.1) is 19.8 Å². The van der Waals surface area contributed by atoms with E-state index in [1.807, 2.05) is 20.8 Å². The summed E-state index contributed by atoms with van der Waals surface area (Å²) in [6.45, 7) is 8.89. The minimum atomic E-state index is -0.424. The van der Waals surface area contributed by atoms with E-state index in [0.29, 0.717) is 30.7 Å². The van der Waals surface area contributed by atoms with Crippen molar-refractivity contribution in [3.8, 4) is 0 Å². The maximum absolute atomic E-state index is 12.5. The molecule has 0 aromatic carbocycles. The third kappa shape index (κ3) is 4.21. The summed E-state index contributed by atoms with van der Waals surface area (Å²) in [5.74, 6) is 2.01. The van der Waals surface area contributed by atoms with E-state index in [2.05, 4.69) is 25.8 Å². The Bertz CT molecular complexity index is 729. The summed E-state index contributed by atoms with van der Waals surface area (Å²) in [4.78, 5) is 21.1. The maximum atomic E-state index is 12.5.